The summed E-state index contributed by atoms with van der Waals surface area (Å²) in [5.41, 5.74) is 7.27. The Morgan fingerprint density at radius 3 is 2.48 bits per heavy atom. The quantitative estimate of drug-likeness (QED) is 0.0964. The molecule has 3 heterocycles. The fourth-order valence-electron chi connectivity index (χ4n) is 4.96. The lowest BCUT2D eigenvalue weighted by atomic mass is 10.1. The van der Waals surface area contributed by atoms with Gasteiger partial charge in [-0.2, -0.15) is 5.10 Å². The van der Waals surface area contributed by atoms with Crippen molar-refractivity contribution in [3.05, 3.63) is 108 Å². The van der Waals surface area contributed by atoms with Gasteiger partial charge in [0.1, 0.15) is 23.9 Å². The van der Waals surface area contributed by atoms with Gasteiger partial charge >= 0.3 is 0 Å². The molecule has 0 unspecified atom stereocenters. The molecule has 50 heavy (non-hydrogen) atoms. The SMILES string of the molecule is COc1cccc(S(=O)(=O)Nc2cc3[nH]c(C(=O)c4cnn(-c5cnc(Oc6c(F)cccc6F)cc5C)c4N)cc3cc2OCC(F)F)c1. The van der Waals surface area contributed by atoms with Crippen LogP contribution in [0.3, 0.4) is 0 Å². The smallest absolute Gasteiger partial charge is 0.272 e. The summed E-state index contributed by atoms with van der Waals surface area (Å²) in [5, 5.41) is 4.56. The number of aromatic amines is 1. The van der Waals surface area contributed by atoms with Gasteiger partial charge in [-0.05, 0) is 55.0 Å². The maximum atomic E-state index is 14.1. The average Bonchev–Trinajstić information content (AvgIpc) is 3.68. The number of benzene rings is 3. The molecule has 0 aliphatic heterocycles. The number of nitrogens with zero attached hydrogens (tertiary/aromatic N) is 3. The first-order valence-electron chi connectivity index (χ1n) is 14.6. The maximum Gasteiger partial charge on any atom is 0.272 e. The van der Waals surface area contributed by atoms with Gasteiger partial charge in [-0.1, -0.05) is 12.1 Å². The fraction of sp³-hybridized carbons (Fsp3) is 0.121. The van der Waals surface area contributed by atoms with E-state index >= 15 is 0 Å². The Morgan fingerprint density at radius 2 is 1.78 bits per heavy atom. The van der Waals surface area contributed by atoms with Gasteiger partial charge in [-0.15, -0.1) is 0 Å². The van der Waals surface area contributed by atoms with E-state index in [4.69, 9.17) is 19.9 Å². The molecule has 258 valence electrons. The molecule has 17 heteroatoms. The van der Waals surface area contributed by atoms with Crippen LogP contribution in [0.15, 0.2) is 84.0 Å². The second-order valence-corrected chi connectivity index (χ2v) is 12.4. The number of H-pyrrole nitrogens is 1. The number of ether oxygens (including phenoxy) is 3. The lowest BCUT2D eigenvalue weighted by Gasteiger charge is -2.14. The first-order valence-corrected chi connectivity index (χ1v) is 16.0. The van der Waals surface area contributed by atoms with Gasteiger partial charge in [0.25, 0.3) is 16.4 Å². The molecule has 0 saturated carbocycles. The van der Waals surface area contributed by atoms with E-state index in [1.54, 1.807) is 13.0 Å². The second-order valence-electron chi connectivity index (χ2n) is 10.8. The number of aromatic nitrogens is 4. The van der Waals surface area contributed by atoms with Gasteiger partial charge in [-0.25, -0.2) is 35.6 Å². The monoisotopic (exact) mass is 710 g/mol. The van der Waals surface area contributed by atoms with Crippen molar-refractivity contribution in [3.8, 4) is 28.8 Å². The summed E-state index contributed by atoms with van der Waals surface area (Å²) in [4.78, 5) is 20.5. The predicted octanol–water partition coefficient (Wildman–Crippen LogP) is 6.39. The zero-order valence-electron chi connectivity index (χ0n) is 26.1. The molecule has 12 nitrogen and oxygen atoms in total. The highest BCUT2D eigenvalue weighted by Gasteiger charge is 2.24. The van der Waals surface area contributed by atoms with E-state index in [9.17, 15) is 30.8 Å². The van der Waals surface area contributed by atoms with Crippen LogP contribution in [-0.4, -0.2) is 54.1 Å². The maximum absolute atomic E-state index is 14.1. The Balaban J connectivity index is 1.29. The third-order valence-electron chi connectivity index (χ3n) is 7.39. The Bertz CT molecular complexity index is 2340. The summed E-state index contributed by atoms with van der Waals surface area (Å²) in [6.45, 7) is 0.627. The van der Waals surface area contributed by atoms with Crippen molar-refractivity contribution in [1.82, 2.24) is 19.7 Å². The van der Waals surface area contributed by atoms with Crippen molar-refractivity contribution >= 4 is 38.2 Å². The van der Waals surface area contributed by atoms with Crippen LogP contribution in [0.5, 0.6) is 23.1 Å². The third kappa shape index (κ3) is 6.75. The third-order valence-corrected chi connectivity index (χ3v) is 8.75. The number of rotatable bonds is 12. The van der Waals surface area contributed by atoms with Crippen molar-refractivity contribution in [1.29, 1.82) is 0 Å². The van der Waals surface area contributed by atoms with Crippen LogP contribution in [0, 0.1) is 18.6 Å². The number of aryl methyl sites for hydroxylation is 1. The van der Waals surface area contributed by atoms with E-state index in [-0.39, 0.29) is 50.6 Å². The minimum absolute atomic E-state index is 0.0159. The largest absolute Gasteiger partial charge is 0.497 e. The van der Waals surface area contributed by atoms with E-state index in [0.717, 1.165) is 12.1 Å². The van der Waals surface area contributed by atoms with Crippen molar-refractivity contribution in [2.75, 3.05) is 24.2 Å². The molecule has 0 spiro atoms. The fourth-order valence-corrected chi connectivity index (χ4v) is 6.06. The predicted molar refractivity (Wildman–Crippen MR) is 174 cm³/mol. The van der Waals surface area contributed by atoms with Crippen LogP contribution in [0.4, 0.5) is 29.1 Å². The van der Waals surface area contributed by atoms with E-state index < -0.39 is 46.2 Å². The van der Waals surface area contributed by atoms with Gasteiger partial charge in [0.05, 0.1) is 47.0 Å². The highest BCUT2D eigenvalue weighted by molar-refractivity contribution is 7.92. The first-order chi connectivity index (χ1) is 23.8. The molecule has 0 radical (unpaired) electrons. The molecule has 0 saturated heterocycles. The van der Waals surface area contributed by atoms with Gasteiger partial charge < -0.3 is 24.9 Å². The molecule has 0 atom stereocenters. The minimum Gasteiger partial charge on any atom is -0.497 e. The van der Waals surface area contributed by atoms with E-state index in [1.807, 2.05) is 0 Å². The summed E-state index contributed by atoms with van der Waals surface area (Å²) in [5.74, 6) is -3.13. The van der Waals surface area contributed by atoms with Gasteiger partial charge in [0, 0.05) is 23.0 Å². The van der Waals surface area contributed by atoms with E-state index in [0.29, 0.717) is 16.6 Å². The average molecular weight is 711 g/mol. The Morgan fingerprint density at radius 1 is 1.04 bits per heavy atom. The standard InChI is InChI=1S/C33H26F4N6O6S/c1-17-9-30(49-32-22(34)7-4-8-23(32)35)39-15-27(17)43-33(38)21(14-40-43)31(44)26-10-18-11-28(48-16-29(36)37)25(13-24(18)41-26)42-50(45,46)20-6-3-5-19(12-20)47-2/h3-15,29,41-42H,16,38H2,1-2H3. The minimum atomic E-state index is -4.24. The molecule has 0 bridgehead atoms. The molecule has 3 aromatic heterocycles. The second kappa shape index (κ2) is 13.4. The normalized spacial score (nSPS) is 11.6. The van der Waals surface area contributed by atoms with Crippen molar-refractivity contribution in [3.63, 3.8) is 0 Å². The lowest BCUT2D eigenvalue weighted by Crippen LogP contribution is -2.15. The van der Waals surface area contributed by atoms with Crippen LogP contribution in [0.25, 0.3) is 16.6 Å². The molecule has 0 fully saturated rings. The molecular weight excluding hydrogens is 684 g/mol. The number of alkyl halides is 2. The molecule has 6 aromatic rings. The zero-order valence-corrected chi connectivity index (χ0v) is 26.9. The zero-order chi connectivity index (χ0) is 35.7. The van der Waals surface area contributed by atoms with E-state index in [2.05, 4.69) is 19.8 Å². The summed E-state index contributed by atoms with van der Waals surface area (Å²) >= 11 is 0. The molecule has 0 aliphatic carbocycles. The van der Waals surface area contributed by atoms with Gasteiger partial charge in [0.2, 0.25) is 17.4 Å². The van der Waals surface area contributed by atoms with Crippen LogP contribution < -0.4 is 24.7 Å². The van der Waals surface area contributed by atoms with Crippen LogP contribution >= 0.6 is 0 Å². The van der Waals surface area contributed by atoms with E-state index in [1.165, 1.54) is 72.7 Å². The van der Waals surface area contributed by atoms with Crippen LogP contribution in [-0.2, 0) is 10.0 Å². The number of nitrogen functional groups attached to an aromatic ring is 1. The number of para-hydroxylation sites is 1. The number of carbonyl (C=O) groups is 1. The van der Waals surface area contributed by atoms with Crippen LogP contribution in [0.1, 0.15) is 21.6 Å². The summed E-state index contributed by atoms with van der Waals surface area (Å²) in [6, 6.07) is 14.4. The molecule has 6 rings (SSSR count). The number of ketones is 1. The number of pyridine rings is 1. The Kier molecular flexibility index (Phi) is 9.07. The number of hydrogen-bond donors (Lipinski definition) is 3. The molecule has 0 amide bonds. The number of methoxy groups -OCH3 is 1. The number of fused-ring (bicyclic) bond motifs is 1. The number of anilines is 2. The van der Waals surface area contributed by atoms with Crippen molar-refractivity contribution in [2.45, 2.75) is 18.2 Å². The van der Waals surface area contributed by atoms with Crippen molar-refractivity contribution < 1.29 is 45.0 Å². The number of halogens is 4. The molecular formula is C33H26F4N6O6S. The van der Waals surface area contributed by atoms with Crippen LogP contribution in [0.2, 0.25) is 0 Å². The first kappa shape index (κ1) is 33.8. The summed E-state index contributed by atoms with van der Waals surface area (Å²) in [6.07, 6.45) is -0.320. The Labute approximate surface area is 281 Å². The van der Waals surface area contributed by atoms with Gasteiger partial charge in [-0.3, -0.25) is 9.52 Å². The molecule has 0 aliphatic rings. The van der Waals surface area contributed by atoms with Gasteiger partial charge in [0.15, 0.2) is 11.6 Å². The molecule has 4 N–H and O–H groups in total. The Hall–Kier alpha value is -6.10. The molecule has 3 aromatic carbocycles. The number of nitrogens with one attached hydrogen (secondary N) is 2. The number of hydrogen-bond acceptors (Lipinski definition) is 9. The highest BCUT2D eigenvalue weighted by Crippen LogP contribution is 2.35. The lowest BCUT2D eigenvalue weighted by molar-refractivity contribution is 0.0823. The topological polar surface area (TPSA) is 163 Å². The highest BCUT2D eigenvalue weighted by atomic mass is 32.2. The summed E-state index contributed by atoms with van der Waals surface area (Å²) < 4.78 is 99.9. The summed E-state index contributed by atoms with van der Waals surface area (Å²) in [7, 11) is -2.86. The van der Waals surface area contributed by atoms with Crippen molar-refractivity contribution in [2.24, 2.45) is 0 Å². The number of sulfonamides is 1. The number of nitrogens with two attached hydrogens (primary N) is 1. The number of carbonyl (C=O) groups excluding carboxylic acids is 1.